The molecule has 0 aromatic heterocycles. The van der Waals surface area contributed by atoms with E-state index in [-0.39, 0.29) is 36.0 Å². The molecule has 0 saturated carbocycles. The Kier molecular flexibility index (Phi) is 8.72. The normalized spacial score (nSPS) is 20.0. The van der Waals surface area contributed by atoms with Gasteiger partial charge in [0.05, 0.1) is 11.3 Å². The molecule has 5 rings (SSSR count). The van der Waals surface area contributed by atoms with Crippen molar-refractivity contribution < 1.29 is 27.5 Å². The van der Waals surface area contributed by atoms with Crippen molar-refractivity contribution in [1.29, 1.82) is 0 Å². The average molecular weight is 546 g/mol. The Morgan fingerprint density at radius 2 is 1.69 bits per heavy atom. The molecule has 0 atom stereocenters. The molecule has 36 heavy (non-hydrogen) atoms. The van der Waals surface area contributed by atoms with E-state index in [0.717, 1.165) is 43.5 Å². The Morgan fingerprint density at radius 1 is 0.972 bits per heavy atom. The van der Waals surface area contributed by atoms with Crippen molar-refractivity contribution in [2.24, 2.45) is 5.16 Å². The zero-order chi connectivity index (χ0) is 23.7. The summed E-state index contributed by atoms with van der Waals surface area (Å²) in [6.45, 7) is 4.78. The van der Waals surface area contributed by atoms with Crippen molar-refractivity contribution in [3.8, 4) is 5.75 Å². The third-order valence-corrected chi connectivity index (χ3v) is 5.76. The lowest BCUT2D eigenvalue weighted by molar-refractivity contribution is -0.274. The molecular weight excluding hydrogens is 522 g/mol. The smallest absolute Gasteiger partial charge is 0.406 e. The molecule has 194 valence electrons. The van der Waals surface area contributed by atoms with E-state index in [0.29, 0.717) is 30.2 Å². The first-order valence-electron chi connectivity index (χ1n) is 10.8. The van der Waals surface area contributed by atoms with E-state index in [1.54, 1.807) is 0 Å². The number of alkyl halides is 3. The van der Waals surface area contributed by atoms with Crippen molar-refractivity contribution in [1.82, 2.24) is 10.2 Å². The number of carbonyl (C=O) groups is 1. The Morgan fingerprint density at radius 3 is 2.44 bits per heavy atom. The molecule has 1 amide bonds. The average Bonchev–Trinajstić information content (AvgIpc) is 3.32. The van der Waals surface area contributed by atoms with Crippen molar-refractivity contribution in [2.75, 3.05) is 50.0 Å². The van der Waals surface area contributed by atoms with Gasteiger partial charge in [-0.2, -0.15) is 0 Å². The second-order valence-corrected chi connectivity index (χ2v) is 7.99. The zero-order valence-electron chi connectivity index (χ0n) is 18.9. The first-order chi connectivity index (χ1) is 16.4. The summed E-state index contributed by atoms with van der Waals surface area (Å²) in [6.07, 6.45) is -4.84. The van der Waals surface area contributed by atoms with Crippen LogP contribution in [0.1, 0.15) is 11.1 Å². The van der Waals surface area contributed by atoms with Gasteiger partial charge in [0.25, 0.3) is 5.91 Å². The van der Waals surface area contributed by atoms with Crippen LogP contribution in [0.2, 0.25) is 0 Å². The summed E-state index contributed by atoms with van der Waals surface area (Å²) in [5, 5.41) is 13.5. The number of hydrogen-bond acceptors (Lipinski definition) is 7. The quantitative estimate of drug-likeness (QED) is 0.300. The van der Waals surface area contributed by atoms with Crippen LogP contribution in [0, 0.1) is 0 Å². The second kappa shape index (κ2) is 11.4. The minimum absolute atomic E-state index is 0. The van der Waals surface area contributed by atoms with Crippen LogP contribution in [-0.2, 0) is 9.63 Å². The first kappa shape index (κ1) is 27.6. The number of rotatable bonds is 5. The van der Waals surface area contributed by atoms with Crippen LogP contribution in [0.4, 0.5) is 24.5 Å². The molecule has 0 unspecified atom stereocenters. The van der Waals surface area contributed by atoms with Gasteiger partial charge < -0.3 is 25.5 Å². The van der Waals surface area contributed by atoms with Gasteiger partial charge in [-0.15, -0.1) is 38.0 Å². The molecule has 1 saturated heterocycles. The molecule has 0 aliphatic carbocycles. The highest BCUT2D eigenvalue weighted by atomic mass is 35.5. The second-order valence-electron chi connectivity index (χ2n) is 7.99. The van der Waals surface area contributed by atoms with E-state index in [1.807, 2.05) is 24.3 Å². The summed E-state index contributed by atoms with van der Waals surface area (Å²) in [5.41, 5.74) is 3.08. The number of benzene rings is 2. The summed E-state index contributed by atoms with van der Waals surface area (Å²) in [7, 11) is 0. The number of nitrogens with one attached hydrogen (secondary N) is 3. The third kappa shape index (κ3) is 5.86. The Hall–Kier alpha value is -2.99. The highest BCUT2D eigenvalue weighted by molar-refractivity contribution is 6.39. The lowest BCUT2D eigenvalue weighted by Crippen LogP contribution is -2.44. The number of piperazine rings is 1. The van der Waals surface area contributed by atoms with Crippen molar-refractivity contribution in [2.45, 2.75) is 6.36 Å². The number of fused-ring (bicyclic) bond motifs is 2. The van der Waals surface area contributed by atoms with Crippen molar-refractivity contribution >= 4 is 53.4 Å². The van der Waals surface area contributed by atoms with E-state index >= 15 is 0 Å². The number of allylic oxidation sites excluding steroid dienone is 1. The fourth-order valence-electron chi connectivity index (χ4n) is 4.21. The number of anilines is 2. The summed E-state index contributed by atoms with van der Waals surface area (Å²) in [4.78, 5) is 20.8. The summed E-state index contributed by atoms with van der Waals surface area (Å²) >= 11 is 0. The van der Waals surface area contributed by atoms with Gasteiger partial charge >= 0.3 is 6.36 Å². The summed E-state index contributed by atoms with van der Waals surface area (Å²) in [5.74, 6) is -0.870. The summed E-state index contributed by atoms with van der Waals surface area (Å²) < 4.78 is 42.3. The maximum atomic E-state index is 12.9. The van der Waals surface area contributed by atoms with Crippen molar-refractivity contribution in [3.63, 3.8) is 0 Å². The van der Waals surface area contributed by atoms with Gasteiger partial charge in [0.2, 0.25) is 0 Å². The topological polar surface area (TPSA) is 87.2 Å². The van der Waals surface area contributed by atoms with Gasteiger partial charge in [-0.05, 0) is 24.3 Å². The minimum atomic E-state index is -4.84. The minimum Gasteiger partial charge on any atom is -0.406 e. The lowest BCUT2D eigenvalue weighted by Gasteiger charge is -2.26. The molecular formula is C23H24Cl2F3N5O3. The van der Waals surface area contributed by atoms with Crippen LogP contribution < -0.4 is 20.7 Å². The number of halogens is 5. The molecule has 2 aromatic carbocycles. The Bertz CT molecular complexity index is 1180. The molecule has 3 aliphatic rings. The van der Waals surface area contributed by atoms with Crippen LogP contribution >= 0.6 is 24.8 Å². The zero-order valence-corrected chi connectivity index (χ0v) is 20.5. The molecule has 0 bridgehead atoms. The number of nitrogens with zero attached hydrogens (tertiary/aromatic N) is 2. The number of hydrogen-bond donors (Lipinski definition) is 3. The Balaban J connectivity index is 0.00000180. The number of ether oxygens (including phenoxy) is 1. The lowest BCUT2D eigenvalue weighted by atomic mass is 10.0. The van der Waals surface area contributed by atoms with Crippen molar-refractivity contribution in [3.05, 3.63) is 59.3 Å². The number of carbonyl (C=O) groups excluding carboxylic acids is 1. The van der Waals surface area contributed by atoms with Gasteiger partial charge in [0.1, 0.15) is 18.1 Å². The highest BCUT2D eigenvalue weighted by Crippen LogP contribution is 2.41. The van der Waals surface area contributed by atoms with Crippen LogP contribution in [0.25, 0.3) is 5.57 Å². The summed E-state index contributed by atoms with van der Waals surface area (Å²) in [6, 6.07) is 11.1. The maximum Gasteiger partial charge on any atom is 0.573 e. The molecule has 0 radical (unpaired) electrons. The maximum absolute atomic E-state index is 12.9. The molecule has 2 aromatic rings. The van der Waals surface area contributed by atoms with Crippen LogP contribution in [0.5, 0.6) is 5.75 Å². The van der Waals surface area contributed by atoms with Crippen LogP contribution in [0.3, 0.4) is 0 Å². The molecule has 0 spiro atoms. The van der Waals surface area contributed by atoms with Gasteiger partial charge in [-0.3, -0.25) is 9.69 Å². The molecule has 8 nitrogen and oxygen atoms in total. The molecule has 3 heterocycles. The molecule has 3 N–H and O–H groups in total. The number of amides is 1. The van der Waals surface area contributed by atoms with E-state index in [9.17, 15) is 18.0 Å². The first-order valence-corrected chi connectivity index (χ1v) is 10.8. The third-order valence-electron chi connectivity index (χ3n) is 5.76. The van der Waals surface area contributed by atoms with E-state index in [4.69, 9.17) is 4.84 Å². The SMILES string of the molecule is Cl.Cl.O=C1Nc2ccc(OC(F)(F)F)cc2/C1=C1/Nc2ccccc2/C1=N\OCCN1CCNCC1. The van der Waals surface area contributed by atoms with Gasteiger partial charge in [-0.25, -0.2) is 0 Å². The van der Waals surface area contributed by atoms with Gasteiger partial charge in [-0.1, -0.05) is 23.4 Å². The van der Waals surface area contributed by atoms with Gasteiger partial charge in [0.15, 0.2) is 0 Å². The predicted octanol–water partition coefficient (Wildman–Crippen LogP) is 3.84. The highest BCUT2D eigenvalue weighted by Gasteiger charge is 2.36. The molecule has 1 fully saturated rings. The van der Waals surface area contributed by atoms with Gasteiger partial charge in [0, 0.05) is 55.2 Å². The fraction of sp³-hybridized carbons (Fsp3) is 0.304. The monoisotopic (exact) mass is 545 g/mol. The van der Waals surface area contributed by atoms with E-state index in [2.05, 4.69) is 30.7 Å². The molecule has 3 aliphatic heterocycles. The number of oxime groups is 1. The van der Waals surface area contributed by atoms with E-state index in [1.165, 1.54) is 12.1 Å². The molecule has 13 heteroatoms. The predicted molar refractivity (Wildman–Crippen MR) is 135 cm³/mol. The van der Waals surface area contributed by atoms with E-state index < -0.39 is 18.0 Å². The fourth-order valence-corrected chi connectivity index (χ4v) is 4.21. The standard InChI is InChI=1S/C23H22F3N5O3.2ClH/c24-23(25,26)34-14-5-6-18-16(13-14)19(22(32)29-18)21-20(15-3-1-2-4-17(15)28-21)30-33-12-11-31-9-7-27-8-10-31;;/h1-6,13,27-28H,7-12H2,(H,29,32);2*1H/b21-19-,30-20+;;. The van der Waals surface area contributed by atoms with Crippen LogP contribution in [0.15, 0.2) is 53.3 Å². The number of para-hydroxylation sites is 1. The largest absolute Gasteiger partial charge is 0.573 e. The van der Waals surface area contributed by atoms with Crippen LogP contribution in [-0.4, -0.2) is 62.2 Å². The Labute approximate surface area is 217 Å².